The molecule has 5 aliphatic carbocycles. The predicted molar refractivity (Wildman–Crippen MR) is 81.1 cm³/mol. The molecule has 10 atom stereocenters. The van der Waals surface area contributed by atoms with Crippen LogP contribution in [0.25, 0.3) is 0 Å². The molecule has 7 heteroatoms. The Balaban J connectivity index is 1.63. The van der Waals surface area contributed by atoms with Crippen LogP contribution in [0.5, 0.6) is 0 Å². The van der Waals surface area contributed by atoms with Gasteiger partial charge in [0.05, 0.1) is 0 Å². The van der Waals surface area contributed by atoms with Gasteiger partial charge in [-0.3, -0.25) is 24.1 Å². The number of piperidine rings is 2. The van der Waals surface area contributed by atoms with Crippen LogP contribution in [0.2, 0.25) is 0 Å². The Morgan fingerprint density at radius 1 is 1.04 bits per heavy atom. The fraction of sp³-hybridized carbons (Fsp3) is 0.778. The number of carbonyl (C=O) groups excluding carboxylic acids is 4. The Hall–Kier alpha value is -1.92. The van der Waals surface area contributed by atoms with Crippen LogP contribution >= 0.6 is 0 Å². The topological polar surface area (TPSA) is 92.8 Å². The molecule has 0 aromatic heterocycles. The molecule has 7 nitrogen and oxygen atoms in total. The van der Waals surface area contributed by atoms with Crippen LogP contribution in [0.1, 0.15) is 27.2 Å². The van der Waals surface area contributed by atoms with E-state index in [0.29, 0.717) is 23.7 Å². The van der Waals surface area contributed by atoms with Gasteiger partial charge in [0.2, 0.25) is 11.8 Å². The van der Waals surface area contributed by atoms with Gasteiger partial charge in [0.15, 0.2) is 5.60 Å². The molecule has 0 spiro atoms. The van der Waals surface area contributed by atoms with Crippen LogP contribution in [0, 0.1) is 47.3 Å². The SMILES string of the molecule is CC(=O)N[C@@]12[C@@H]3[C@H]4C[C@H]5[C@@H]6[C@@H]4[C@@H]1[C@@H]6[C@@](OC(C)=O)(C(=O)N2C(C)=O)[C@H]53. The molecule has 0 radical (unpaired) electrons. The summed E-state index contributed by atoms with van der Waals surface area (Å²) < 4.78 is 5.80. The maximum Gasteiger partial charge on any atom is 0.303 e. The Labute approximate surface area is 144 Å². The number of rotatable bonds is 2. The van der Waals surface area contributed by atoms with Gasteiger partial charge in [-0.25, -0.2) is 0 Å². The summed E-state index contributed by atoms with van der Waals surface area (Å²) >= 11 is 0. The standard InChI is InChI=1S/C18H20N2O5/c1-5(21)19-18-13-9-4-8-10-11(9)15(18)14(10)17(12(8)13,25-7(3)23)16(24)20(18)6(2)22/h8-15H,4H2,1-3H3,(H,19,21)/t8-,9-,10+,11+,12+,13+,14+,15+,17+,18+/m0/s1. The van der Waals surface area contributed by atoms with Gasteiger partial charge in [-0.05, 0) is 30.1 Å². The van der Waals surface area contributed by atoms with Gasteiger partial charge < -0.3 is 10.1 Å². The van der Waals surface area contributed by atoms with Crippen LogP contribution in [0.15, 0.2) is 0 Å². The fourth-order valence-electron chi connectivity index (χ4n) is 8.85. The van der Waals surface area contributed by atoms with Crippen LogP contribution in [0.4, 0.5) is 0 Å². The highest BCUT2D eigenvalue weighted by Crippen LogP contribution is 2.90. The second kappa shape index (κ2) is 3.62. The van der Waals surface area contributed by atoms with Crippen molar-refractivity contribution in [2.45, 2.75) is 38.5 Å². The molecule has 2 heterocycles. The fourth-order valence-corrected chi connectivity index (χ4v) is 8.85. The van der Waals surface area contributed by atoms with E-state index in [1.165, 1.54) is 25.7 Å². The minimum Gasteiger partial charge on any atom is -0.448 e. The molecule has 3 amide bonds. The Morgan fingerprint density at radius 3 is 2.28 bits per heavy atom. The van der Waals surface area contributed by atoms with Crippen molar-refractivity contribution >= 4 is 23.7 Å². The smallest absolute Gasteiger partial charge is 0.303 e. The van der Waals surface area contributed by atoms with Crippen LogP contribution in [-0.2, 0) is 23.9 Å². The first-order valence-corrected chi connectivity index (χ1v) is 9.12. The quantitative estimate of drug-likeness (QED) is 0.706. The molecule has 0 aromatic rings. The van der Waals surface area contributed by atoms with Gasteiger partial charge >= 0.3 is 5.97 Å². The molecule has 7 fully saturated rings. The second-order valence-electron chi connectivity index (χ2n) is 8.87. The van der Waals surface area contributed by atoms with E-state index in [1.54, 1.807) is 0 Å². The summed E-state index contributed by atoms with van der Waals surface area (Å²) in [6.45, 7) is 4.15. The van der Waals surface area contributed by atoms with E-state index in [4.69, 9.17) is 4.74 Å². The van der Waals surface area contributed by atoms with Crippen molar-refractivity contribution in [2.75, 3.05) is 0 Å². The Morgan fingerprint density at radius 2 is 1.68 bits per heavy atom. The Bertz CT molecular complexity index is 809. The van der Waals surface area contributed by atoms with Crippen molar-refractivity contribution in [2.24, 2.45) is 47.3 Å². The van der Waals surface area contributed by atoms with Crippen molar-refractivity contribution < 1.29 is 23.9 Å². The predicted octanol–water partition coefficient (Wildman–Crippen LogP) is -0.103. The lowest BCUT2D eigenvalue weighted by molar-refractivity contribution is -0.255. The molecule has 0 unspecified atom stereocenters. The van der Waals surface area contributed by atoms with Gasteiger partial charge in [0.25, 0.3) is 5.91 Å². The number of hydrogen-bond acceptors (Lipinski definition) is 5. The van der Waals surface area contributed by atoms with Crippen molar-refractivity contribution in [3.05, 3.63) is 0 Å². The molecule has 5 saturated carbocycles. The molecule has 0 aromatic carbocycles. The first-order valence-electron chi connectivity index (χ1n) is 9.12. The zero-order chi connectivity index (χ0) is 17.6. The van der Waals surface area contributed by atoms with Gasteiger partial charge in [-0.2, -0.15) is 0 Å². The van der Waals surface area contributed by atoms with Crippen LogP contribution in [-0.4, -0.2) is 39.9 Å². The van der Waals surface area contributed by atoms with Crippen molar-refractivity contribution in [3.63, 3.8) is 0 Å². The molecule has 25 heavy (non-hydrogen) atoms. The number of carbonyl (C=O) groups is 4. The minimum absolute atomic E-state index is 0.0207. The van der Waals surface area contributed by atoms with Gasteiger partial charge in [-0.15, -0.1) is 0 Å². The number of nitrogens with zero attached hydrogens (tertiary/aromatic N) is 1. The maximum atomic E-state index is 13.5. The first-order chi connectivity index (χ1) is 11.8. The van der Waals surface area contributed by atoms with E-state index in [-0.39, 0.29) is 35.5 Å². The summed E-state index contributed by atoms with van der Waals surface area (Å²) in [5.74, 6) is 0.142. The average molecular weight is 344 g/mol. The monoisotopic (exact) mass is 344 g/mol. The van der Waals surface area contributed by atoms with E-state index < -0.39 is 23.1 Å². The number of ether oxygens (including phenoxy) is 1. The van der Waals surface area contributed by atoms with E-state index in [2.05, 4.69) is 5.32 Å². The molecule has 2 aliphatic heterocycles. The maximum absolute atomic E-state index is 13.5. The average Bonchev–Trinajstić information content (AvgIpc) is 2.97. The first kappa shape index (κ1) is 14.3. The van der Waals surface area contributed by atoms with E-state index in [9.17, 15) is 19.2 Å². The van der Waals surface area contributed by atoms with Crippen LogP contribution < -0.4 is 5.32 Å². The molecule has 1 N–H and O–H groups in total. The molecule has 7 aliphatic rings. The summed E-state index contributed by atoms with van der Waals surface area (Å²) in [6, 6.07) is 0. The summed E-state index contributed by atoms with van der Waals surface area (Å²) in [7, 11) is 0. The van der Waals surface area contributed by atoms with Crippen molar-refractivity contribution in [1.82, 2.24) is 10.2 Å². The van der Waals surface area contributed by atoms with Crippen LogP contribution in [0.3, 0.4) is 0 Å². The number of nitrogens with one attached hydrogen (secondary N) is 1. The lowest BCUT2D eigenvalue weighted by Crippen LogP contribution is -2.86. The third-order valence-corrected chi connectivity index (χ3v) is 8.42. The molecule has 7 rings (SSSR count). The summed E-state index contributed by atoms with van der Waals surface area (Å²) in [5, 5.41) is 3.06. The van der Waals surface area contributed by atoms with Crippen molar-refractivity contribution in [3.8, 4) is 0 Å². The molecule has 4 bridgehead atoms. The highest BCUT2D eigenvalue weighted by atomic mass is 16.6. The third-order valence-electron chi connectivity index (χ3n) is 8.42. The minimum atomic E-state index is -1.18. The van der Waals surface area contributed by atoms with Gasteiger partial charge in [0.1, 0.15) is 5.66 Å². The highest BCUT2D eigenvalue weighted by Gasteiger charge is 2.98. The van der Waals surface area contributed by atoms with Crippen molar-refractivity contribution in [1.29, 1.82) is 0 Å². The summed E-state index contributed by atoms with van der Waals surface area (Å²) in [5.41, 5.74) is -2.08. The highest BCUT2D eigenvalue weighted by molar-refractivity contribution is 6.04. The molecule has 132 valence electrons. The van der Waals surface area contributed by atoms with E-state index >= 15 is 0 Å². The van der Waals surface area contributed by atoms with E-state index in [1.807, 2.05) is 0 Å². The number of esters is 1. The number of imide groups is 1. The van der Waals surface area contributed by atoms with Gasteiger partial charge in [0, 0.05) is 44.4 Å². The normalized spacial score (nSPS) is 57.2. The number of hydrogen-bond donors (Lipinski definition) is 1. The molecular formula is C18H20N2O5. The molecule has 2 saturated heterocycles. The summed E-state index contributed by atoms with van der Waals surface area (Å²) in [4.78, 5) is 51.2. The number of fused-ring (bicyclic) bond motifs is 1. The Kier molecular flexibility index (Phi) is 2.06. The zero-order valence-corrected chi connectivity index (χ0v) is 14.3. The largest absolute Gasteiger partial charge is 0.448 e. The van der Waals surface area contributed by atoms with E-state index in [0.717, 1.165) is 6.42 Å². The zero-order valence-electron chi connectivity index (χ0n) is 14.3. The molecular weight excluding hydrogens is 324 g/mol. The third kappa shape index (κ3) is 1.05. The number of amides is 3. The van der Waals surface area contributed by atoms with Gasteiger partial charge in [-0.1, -0.05) is 0 Å². The lowest BCUT2D eigenvalue weighted by Gasteiger charge is -2.67. The second-order valence-corrected chi connectivity index (χ2v) is 8.87. The summed E-state index contributed by atoms with van der Waals surface area (Å²) in [6.07, 6.45) is 1.03. The lowest BCUT2D eigenvalue weighted by atomic mass is 9.49.